The minimum atomic E-state index is -0.781. The van der Waals surface area contributed by atoms with Crippen molar-refractivity contribution in [2.24, 2.45) is 5.73 Å². The molecule has 0 bridgehead atoms. The SMILES string of the molecule is CC(CCNc1cccc(C(N)=S)n1)S(C)=O. The van der Waals surface area contributed by atoms with Gasteiger partial charge in [0.15, 0.2) is 0 Å². The van der Waals surface area contributed by atoms with E-state index in [2.05, 4.69) is 10.3 Å². The first-order valence-electron chi connectivity index (χ1n) is 5.33. The molecule has 0 aliphatic carbocycles. The first-order chi connectivity index (χ1) is 8.00. The van der Waals surface area contributed by atoms with E-state index in [1.165, 1.54) is 0 Å². The predicted octanol–water partition coefficient (Wildman–Crippen LogP) is 1.28. The first-order valence-corrected chi connectivity index (χ1v) is 7.36. The van der Waals surface area contributed by atoms with Gasteiger partial charge in [0.1, 0.15) is 10.8 Å². The summed E-state index contributed by atoms with van der Waals surface area (Å²) in [5.41, 5.74) is 6.11. The van der Waals surface area contributed by atoms with E-state index in [1.807, 2.05) is 19.1 Å². The molecule has 94 valence electrons. The van der Waals surface area contributed by atoms with E-state index in [-0.39, 0.29) is 10.2 Å². The molecule has 0 aliphatic rings. The lowest BCUT2D eigenvalue weighted by molar-refractivity contribution is 0.672. The van der Waals surface area contributed by atoms with Crippen LogP contribution in [-0.2, 0) is 10.8 Å². The third kappa shape index (κ3) is 4.79. The van der Waals surface area contributed by atoms with Crippen molar-refractivity contribution in [1.29, 1.82) is 0 Å². The molecule has 6 heteroatoms. The zero-order valence-electron chi connectivity index (χ0n) is 9.97. The molecule has 0 aromatic carbocycles. The third-order valence-corrected chi connectivity index (χ3v) is 4.00. The number of pyridine rings is 1. The molecule has 0 fully saturated rings. The highest BCUT2D eigenvalue weighted by atomic mass is 32.2. The number of thiocarbonyl (C=S) groups is 1. The lowest BCUT2D eigenvalue weighted by Gasteiger charge is -2.10. The Hall–Kier alpha value is -1.01. The van der Waals surface area contributed by atoms with Gasteiger partial charge in [0.05, 0.1) is 5.69 Å². The van der Waals surface area contributed by atoms with Gasteiger partial charge in [-0.25, -0.2) is 4.98 Å². The van der Waals surface area contributed by atoms with Crippen molar-refractivity contribution in [3.63, 3.8) is 0 Å². The Balaban J connectivity index is 2.49. The number of nitrogens with two attached hydrogens (primary N) is 1. The number of nitrogens with one attached hydrogen (secondary N) is 1. The number of hydrogen-bond acceptors (Lipinski definition) is 4. The van der Waals surface area contributed by atoms with Crippen molar-refractivity contribution in [2.45, 2.75) is 18.6 Å². The maximum atomic E-state index is 11.2. The van der Waals surface area contributed by atoms with Crippen molar-refractivity contribution in [2.75, 3.05) is 18.1 Å². The smallest absolute Gasteiger partial charge is 0.126 e. The molecule has 0 spiro atoms. The van der Waals surface area contributed by atoms with Crippen LogP contribution < -0.4 is 11.1 Å². The second kappa shape index (κ2) is 6.66. The normalized spacial score (nSPS) is 14.0. The summed E-state index contributed by atoms with van der Waals surface area (Å²) in [7, 11) is -0.781. The van der Waals surface area contributed by atoms with Crippen LogP contribution in [-0.4, -0.2) is 32.2 Å². The summed E-state index contributed by atoms with van der Waals surface area (Å²) < 4.78 is 11.2. The highest BCUT2D eigenvalue weighted by Crippen LogP contribution is 2.06. The van der Waals surface area contributed by atoms with Crippen LogP contribution >= 0.6 is 12.2 Å². The fraction of sp³-hybridized carbons (Fsp3) is 0.455. The van der Waals surface area contributed by atoms with Gasteiger partial charge in [-0.05, 0) is 18.6 Å². The minimum Gasteiger partial charge on any atom is -0.388 e. The van der Waals surface area contributed by atoms with Crippen molar-refractivity contribution in [1.82, 2.24) is 4.98 Å². The zero-order valence-corrected chi connectivity index (χ0v) is 11.6. The van der Waals surface area contributed by atoms with Gasteiger partial charge in [-0.1, -0.05) is 25.2 Å². The summed E-state index contributed by atoms with van der Waals surface area (Å²) in [5.74, 6) is 0.740. The quantitative estimate of drug-likeness (QED) is 0.763. The van der Waals surface area contributed by atoms with E-state index in [1.54, 1.807) is 12.3 Å². The van der Waals surface area contributed by atoms with Gasteiger partial charge in [0.25, 0.3) is 0 Å². The van der Waals surface area contributed by atoms with E-state index in [0.717, 1.165) is 18.8 Å². The van der Waals surface area contributed by atoms with Gasteiger partial charge < -0.3 is 11.1 Å². The van der Waals surface area contributed by atoms with Crippen LogP contribution in [0.5, 0.6) is 0 Å². The van der Waals surface area contributed by atoms with Crippen LogP contribution in [0.25, 0.3) is 0 Å². The van der Waals surface area contributed by atoms with Crippen LogP contribution in [0.15, 0.2) is 18.2 Å². The molecule has 1 heterocycles. The lowest BCUT2D eigenvalue weighted by atomic mass is 10.3. The van der Waals surface area contributed by atoms with Gasteiger partial charge in [-0.2, -0.15) is 0 Å². The van der Waals surface area contributed by atoms with Crippen LogP contribution in [0.1, 0.15) is 19.0 Å². The van der Waals surface area contributed by atoms with Crippen LogP contribution in [0.4, 0.5) is 5.82 Å². The molecular formula is C11H17N3OS2. The number of aromatic nitrogens is 1. The van der Waals surface area contributed by atoms with E-state index in [0.29, 0.717) is 5.69 Å². The lowest BCUT2D eigenvalue weighted by Crippen LogP contribution is -2.16. The molecule has 0 saturated carbocycles. The third-order valence-electron chi connectivity index (χ3n) is 2.43. The standard InChI is InChI=1S/C11H17N3OS2/c1-8(17(2)15)6-7-13-10-5-3-4-9(14-10)11(12)16/h3-5,8H,6-7H2,1-2H3,(H2,12,16)(H,13,14). The zero-order chi connectivity index (χ0) is 12.8. The number of rotatable bonds is 6. The summed E-state index contributed by atoms with van der Waals surface area (Å²) in [6.07, 6.45) is 2.55. The van der Waals surface area contributed by atoms with Crippen molar-refractivity contribution >= 4 is 33.8 Å². The van der Waals surface area contributed by atoms with Crippen LogP contribution in [0.2, 0.25) is 0 Å². The fourth-order valence-corrected chi connectivity index (χ4v) is 1.80. The Morgan fingerprint density at radius 3 is 2.94 bits per heavy atom. The summed E-state index contributed by atoms with van der Waals surface area (Å²) in [6, 6.07) is 5.48. The fourth-order valence-electron chi connectivity index (χ4n) is 1.24. The van der Waals surface area contributed by atoms with Gasteiger partial charge in [0.2, 0.25) is 0 Å². The van der Waals surface area contributed by atoms with Crippen LogP contribution in [0, 0.1) is 0 Å². The minimum absolute atomic E-state index is 0.182. The number of hydrogen-bond donors (Lipinski definition) is 2. The van der Waals surface area contributed by atoms with Crippen molar-refractivity contribution < 1.29 is 4.21 Å². The van der Waals surface area contributed by atoms with Gasteiger partial charge in [-0.15, -0.1) is 0 Å². The second-order valence-corrected chi connectivity index (χ2v) is 6.04. The molecule has 2 atom stereocenters. The van der Waals surface area contributed by atoms with E-state index < -0.39 is 10.8 Å². The highest BCUT2D eigenvalue weighted by Gasteiger charge is 2.05. The number of anilines is 1. The van der Waals surface area contributed by atoms with E-state index >= 15 is 0 Å². The first kappa shape index (κ1) is 14.1. The van der Waals surface area contributed by atoms with Gasteiger partial charge in [0, 0.05) is 28.9 Å². The Morgan fingerprint density at radius 2 is 2.35 bits per heavy atom. The topological polar surface area (TPSA) is 68.0 Å². The Bertz CT molecular complexity index is 423. The molecule has 1 rings (SSSR count). The Labute approximate surface area is 109 Å². The molecule has 2 unspecified atom stereocenters. The average molecular weight is 271 g/mol. The predicted molar refractivity (Wildman–Crippen MR) is 76.8 cm³/mol. The monoisotopic (exact) mass is 271 g/mol. The second-order valence-electron chi connectivity index (χ2n) is 3.80. The van der Waals surface area contributed by atoms with Gasteiger partial charge >= 0.3 is 0 Å². The molecule has 0 radical (unpaired) electrons. The summed E-state index contributed by atoms with van der Waals surface area (Å²) in [4.78, 5) is 4.55. The van der Waals surface area contributed by atoms with Crippen LogP contribution in [0.3, 0.4) is 0 Å². The van der Waals surface area contributed by atoms with Crippen molar-refractivity contribution in [3.05, 3.63) is 23.9 Å². The molecule has 4 nitrogen and oxygen atoms in total. The summed E-state index contributed by atoms with van der Waals surface area (Å²) >= 11 is 4.86. The summed E-state index contributed by atoms with van der Waals surface area (Å²) in [6.45, 7) is 2.70. The molecule has 0 amide bonds. The largest absolute Gasteiger partial charge is 0.388 e. The molecule has 1 aromatic rings. The Kier molecular flexibility index (Phi) is 5.50. The molecule has 17 heavy (non-hydrogen) atoms. The molecule has 1 aromatic heterocycles. The van der Waals surface area contributed by atoms with Gasteiger partial charge in [-0.3, -0.25) is 4.21 Å². The molecule has 0 saturated heterocycles. The summed E-state index contributed by atoms with van der Waals surface area (Å²) in [5, 5.41) is 3.35. The highest BCUT2D eigenvalue weighted by molar-refractivity contribution is 7.84. The van der Waals surface area contributed by atoms with E-state index in [4.69, 9.17) is 18.0 Å². The number of nitrogens with zero attached hydrogens (tertiary/aromatic N) is 1. The maximum absolute atomic E-state index is 11.2. The molecule has 0 aliphatic heterocycles. The maximum Gasteiger partial charge on any atom is 0.126 e. The molecule has 3 N–H and O–H groups in total. The molecular weight excluding hydrogens is 254 g/mol. The average Bonchev–Trinajstić information content (AvgIpc) is 2.29. The van der Waals surface area contributed by atoms with Crippen molar-refractivity contribution in [3.8, 4) is 0 Å². The Morgan fingerprint density at radius 1 is 1.65 bits per heavy atom. The van der Waals surface area contributed by atoms with E-state index in [9.17, 15) is 4.21 Å².